The van der Waals surface area contributed by atoms with E-state index in [2.05, 4.69) is 64.9 Å². The first-order valence-electron chi connectivity index (χ1n) is 10.7. The highest BCUT2D eigenvalue weighted by molar-refractivity contribution is 5.93. The van der Waals surface area contributed by atoms with Crippen molar-refractivity contribution in [3.63, 3.8) is 0 Å². The zero-order valence-corrected chi connectivity index (χ0v) is 17.6. The average Bonchev–Trinajstić information content (AvgIpc) is 3.28. The number of piperidine rings is 1. The van der Waals surface area contributed by atoms with Crippen molar-refractivity contribution < 1.29 is 4.74 Å². The van der Waals surface area contributed by atoms with Gasteiger partial charge in [-0.05, 0) is 55.7 Å². The topological polar surface area (TPSA) is 66.9 Å². The molecular formula is C23H29N5O. The Morgan fingerprint density at radius 2 is 1.83 bits per heavy atom. The summed E-state index contributed by atoms with van der Waals surface area (Å²) in [6.45, 7) is 11.2. The van der Waals surface area contributed by atoms with Crippen molar-refractivity contribution in [3.8, 4) is 17.1 Å². The van der Waals surface area contributed by atoms with Crippen LogP contribution in [0.3, 0.4) is 0 Å². The van der Waals surface area contributed by atoms with E-state index in [1.165, 1.54) is 0 Å². The Morgan fingerprint density at radius 1 is 1.07 bits per heavy atom. The Morgan fingerprint density at radius 3 is 2.55 bits per heavy atom. The molecule has 1 aliphatic heterocycles. The summed E-state index contributed by atoms with van der Waals surface area (Å²) in [6.07, 6.45) is 3.89. The quantitative estimate of drug-likeness (QED) is 0.699. The van der Waals surface area contributed by atoms with Crippen LogP contribution in [0, 0.1) is 17.8 Å². The maximum atomic E-state index is 6.15. The van der Waals surface area contributed by atoms with Crippen molar-refractivity contribution >= 4 is 16.7 Å². The molecule has 1 aliphatic carbocycles. The number of ether oxygens (including phenoxy) is 1. The number of aromatic nitrogens is 4. The molecular weight excluding hydrogens is 362 g/mol. The second kappa shape index (κ2) is 6.71. The number of anilines is 1. The lowest BCUT2D eigenvalue weighted by Crippen LogP contribution is -2.43. The summed E-state index contributed by atoms with van der Waals surface area (Å²) in [6, 6.07) is 8.19. The van der Waals surface area contributed by atoms with Gasteiger partial charge in [-0.1, -0.05) is 20.8 Å². The number of fused-ring (bicyclic) bond motifs is 1. The molecule has 0 radical (unpaired) electrons. The maximum absolute atomic E-state index is 6.15. The minimum absolute atomic E-state index is 0.00154. The molecule has 1 N–H and O–H groups in total. The molecule has 3 atom stereocenters. The smallest absolute Gasteiger partial charge is 0.132 e. The highest BCUT2D eigenvalue weighted by Gasteiger charge is 2.40. The van der Waals surface area contributed by atoms with E-state index in [1.807, 2.05) is 12.1 Å². The van der Waals surface area contributed by atoms with Crippen molar-refractivity contribution in [3.05, 3.63) is 30.6 Å². The van der Waals surface area contributed by atoms with E-state index in [9.17, 15) is 0 Å². The minimum atomic E-state index is -0.00154. The number of benzene rings is 1. The molecule has 0 unspecified atom stereocenters. The van der Waals surface area contributed by atoms with Gasteiger partial charge in [-0.3, -0.25) is 5.10 Å². The molecule has 0 amide bonds. The lowest BCUT2D eigenvalue weighted by molar-refractivity contribution is 0.200. The molecule has 3 heterocycles. The lowest BCUT2D eigenvalue weighted by Gasteiger charge is -2.40. The highest BCUT2D eigenvalue weighted by atomic mass is 16.5. The third kappa shape index (κ3) is 3.45. The summed E-state index contributed by atoms with van der Waals surface area (Å²) < 4.78 is 6.15. The Hall–Kier alpha value is -2.63. The van der Waals surface area contributed by atoms with Crippen molar-refractivity contribution in [2.24, 2.45) is 17.8 Å². The zero-order chi connectivity index (χ0) is 20.2. The minimum Gasteiger partial charge on any atom is -0.488 e. The third-order valence-electron chi connectivity index (χ3n) is 6.88. The summed E-state index contributed by atoms with van der Waals surface area (Å²) >= 11 is 0. The van der Waals surface area contributed by atoms with Gasteiger partial charge in [-0.25, -0.2) is 9.97 Å². The molecule has 3 aromatic rings. The Labute approximate surface area is 171 Å². The predicted molar refractivity (Wildman–Crippen MR) is 115 cm³/mol. The van der Waals surface area contributed by atoms with Crippen LogP contribution in [0.25, 0.3) is 22.3 Å². The van der Waals surface area contributed by atoms with Crippen LogP contribution in [0.15, 0.2) is 30.6 Å². The van der Waals surface area contributed by atoms with Crippen LogP contribution in [-0.4, -0.2) is 38.9 Å². The predicted octanol–water partition coefficient (Wildman–Crippen LogP) is 4.68. The zero-order valence-electron chi connectivity index (χ0n) is 17.6. The molecule has 1 aromatic carbocycles. The van der Waals surface area contributed by atoms with Crippen LogP contribution in [0.2, 0.25) is 0 Å². The summed E-state index contributed by atoms with van der Waals surface area (Å²) in [7, 11) is 0. The van der Waals surface area contributed by atoms with E-state index < -0.39 is 0 Å². The summed E-state index contributed by atoms with van der Waals surface area (Å²) in [5.41, 5.74) is 2.68. The largest absolute Gasteiger partial charge is 0.488 e. The number of H-pyrrole nitrogens is 1. The lowest BCUT2D eigenvalue weighted by atomic mass is 9.81. The van der Waals surface area contributed by atoms with Crippen molar-refractivity contribution in [2.45, 2.75) is 46.1 Å². The van der Waals surface area contributed by atoms with Gasteiger partial charge in [0.1, 0.15) is 29.2 Å². The second-order valence-electron chi connectivity index (χ2n) is 9.31. The molecule has 2 aliphatic rings. The van der Waals surface area contributed by atoms with Crippen molar-refractivity contribution in [2.75, 3.05) is 18.0 Å². The fourth-order valence-corrected chi connectivity index (χ4v) is 4.31. The van der Waals surface area contributed by atoms with E-state index in [1.54, 1.807) is 6.33 Å². The Bertz CT molecular complexity index is 1030. The standard InChI is InChI=1S/C23H29N5O/c1-14-11-28(12-15(2)16(14)3)21-10-20(24-13-25-21)22-18-9-17(29-23(4)7-8-23)5-6-19(18)26-27-22/h5-6,9-10,13-16H,7-8,11-12H2,1-4H3,(H,26,27)/t14-,15+,16+. The second-order valence-corrected chi connectivity index (χ2v) is 9.31. The average molecular weight is 392 g/mol. The van der Waals surface area contributed by atoms with Gasteiger partial charge in [0.15, 0.2) is 0 Å². The normalized spacial score (nSPS) is 25.9. The molecule has 2 fully saturated rings. The van der Waals surface area contributed by atoms with E-state index in [0.717, 1.165) is 65.7 Å². The van der Waals surface area contributed by atoms with Crippen LogP contribution in [0.1, 0.15) is 40.5 Å². The number of rotatable bonds is 4. The van der Waals surface area contributed by atoms with Crippen LogP contribution in [0.5, 0.6) is 5.75 Å². The van der Waals surface area contributed by atoms with E-state index in [0.29, 0.717) is 11.8 Å². The molecule has 6 heteroatoms. The monoisotopic (exact) mass is 391 g/mol. The van der Waals surface area contributed by atoms with Gasteiger partial charge < -0.3 is 9.64 Å². The summed E-state index contributed by atoms with van der Waals surface area (Å²) in [4.78, 5) is 11.5. The summed E-state index contributed by atoms with van der Waals surface area (Å²) in [5, 5.41) is 8.72. The van der Waals surface area contributed by atoms with Gasteiger partial charge in [0.05, 0.1) is 11.2 Å². The van der Waals surface area contributed by atoms with Crippen molar-refractivity contribution in [1.82, 2.24) is 20.2 Å². The molecule has 29 heavy (non-hydrogen) atoms. The van der Waals surface area contributed by atoms with E-state index in [4.69, 9.17) is 4.74 Å². The van der Waals surface area contributed by atoms with Gasteiger partial charge in [-0.2, -0.15) is 5.10 Å². The first kappa shape index (κ1) is 18.4. The Kier molecular flexibility index (Phi) is 4.26. The third-order valence-corrected chi connectivity index (χ3v) is 6.88. The van der Waals surface area contributed by atoms with Crippen LogP contribution in [-0.2, 0) is 0 Å². The maximum Gasteiger partial charge on any atom is 0.132 e. The number of aromatic amines is 1. The molecule has 0 spiro atoms. The van der Waals surface area contributed by atoms with Gasteiger partial charge >= 0.3 is 0 Å². The number of nitrogens with zero attached hydrogens (tertiary/aromatic N) is 4. The van der Waals surface area contributed by atoms with Gasteiger partial charge in [0, 0.05) is 24.5 Å². The molecule has 2 aromatic heterocycles. The van der Waals surface area contributed by atoms with Gasteiger partial charge in [-0.15, -0.1) is 0 Å². The molecule has 152 valence electrons. The molecule has 0 bridgehead atoms. The number of nitrogens with one attached hydrogen (secondary N) is 1. The molecule has 6 nitrogen and oxygen atoms in total. The number of hydrogen-bond acceptors (Lipinski definition) is 5. The molecule has 1 saturated heterocycles. The molecule has 5 rings (SSSR count). The van der Waals surface area contributed by atoms with Crippen LogP contribution in [0.4, 0.5) is 5.82 Å². The van der Waals surface area contributed by atoms with Crippen LogP contribution < -0.4 is 9.64 Å². The fourth-order valence-electron chi connectivity index (χ4n) is 4.31. The van der Waals surface area contributed by atoms with Gasteiger partial charge in [0.2, 0.25) is 0 Å². The van der Waals surface area contributed by atoms with Gasteiger partial charge in [0.25, 0.3) is 0 Å². The van der Waals surface area contributed by atoms with E-state index >= 15 is 0 Å². The first-order valence-corrected chi connectivity index (χ1v) is 10.7. The van der Waals surface area contributed by atoms with Crippen molar-refractivity contribution in [1.29, 1.82) is 0 Å². The Balaban J connectivity index is 1.47. The van der Waals surface area contributed by atoms with E-state index in [-0.39, 0.29) is 5.60 Å². The molecule has 1 saturated carbocycles. The number of hydrogen-bond donors (Lipinski definition) is 1. The first-order chi connectivity index (χ1) is 13.9. The highest BCUT2D eigenvalue weighted by Crippen LogP contribution is 2.40. The SMILES string of the molecule is C[C@H]1[C@H](C)CN(c2cc(-c3n[nH]c4ccc(OC5(C)CC5)cc34)ncn2)C[C@@H]1C. The van der Waals surface area contributed by atoms with Crippen LogP contribution >= 0.6 is 0 Å². The fraction of sp³-hybridized carbons (Fsp3) is 0.522. The summed E-state index contributed by atoms with van der Waals surface area (Å²) in [5.74, 6) is 3.89.